The van der Waals surface area contributed by atoms with Crippen LogP contribution in [0.3, 0.4) is 0 Å². The number of rotatable bonds is 5. The van der Waals surface area contributed by atoms with Crippen molar-refractivity contribution in [1.82, 2.24) is 9.55 Å². The van der Waals surface area contributed by atoms with Crippen LogP contribution in [0.1, 0.15) is 19.4 Å². The average Bonchev–Trinajstić information content (AvgIpc) is 2.86. The summed E-state index contributed by atoms with van der Waals surface area (Å²) in [5, 5.41) is 3.44. The van der Waals surface area contributed by atoms with E-state index in [9.17, 15) is 0 Å². The Labute approximate surface area is 113 Å². The third kappa shape index (κ3) is 2.51. The van der Waals surface area contributed by atoms with E-state index in [2.05, 4.69) is 40.8 Å². The monoisotopic (exact) mass is 263 g/mol. The summed E-state index contributed by atoms with van der Waals surface area (Å²) >= 11 is 6.16. The third-order valence-electron chi connectivity index (χ3n) is 3.12. The van der Waals surface area contributed by atoms with Crippen molar-refractivity contribution >= 4 is 17.5 Å². The van der Waals surface area contributed by atoms with Gasteiger partial charge in [0, 0.05) is 24.8 Å². The SMILES string of the molecule is CCn1ccnc1NC(C)(CCl)c1ccccc1. The second-order valence-corrected chi connectivity index (χ2v) is 4.76. The van der Waals surface area contributed by atoms with Gasteiger partial charge in [0.15, 0.2) is 0 Å². The topological polar surface area (TPSA) is 29.9 Å². The molecule has 0 radical (unpaired) electrons. The molecule has 0 bridgehead atoms. The van der Waals surface area contributed by atoms with Crippen molar-refractivity contribution in [2.75, 3.05) is 11.2 Å². The van der Waals surface area contributed by atoms with Crippen LogP contribution in [0.25, 0.3) is 0 Å². The zero-order valence-electron chi connectivity index (χ0n) is 10.7. The van der Waals surface area contributed by atoms with Crippen molar-refractivity contribution in [3.63, 3.8) is 0 Å². The highest BCUT2D eigenvalue weighted by molar-refractivity contribution is 6.18. The molecule has 2 rings (SSSR count). The summed E-state index contributed by atoms with van der Waals surface area (Å²) in [5.74, 6) is 1.33. The number of hydrogen-bond acceptors (Lipinski definition) is 2. The number of anilines is 1. The molecule has 1 atom stereocenters. The molecule has 1 aromatic carbocycles. The van der Waals surface area contributed by atoms with Crippen LogP contribution in [0.5, 0.6) is 0 Å². The normalized spacial score (nSPS) is 14.2. The van der Waals surface area contributed by atoms with Gasteiger partial charge in [0.25, 0.3) is 0 Å². The number of hydrogen-bond donors (Lipinski definition) is 1. The number of nitrogens with one attached hydrogen (secondary N) is 1. The van der Waals surface area contributed by atoms with Crippen molar-refractivity contribution in [1.29, 1.82) is 0 Å². The van der Waals surface area contributed by atoms with E-state index in [4.69, 9.17) is 11.6 Å². The summed E-state index contributed by atoms with van der Waals surface area (Å²) in [4.78, 5) is 4.34. The molecule has 96 valence electrons. The maximum atomic E-state index is 6.16. The van der Waals surface area contributed by atoms with Gasteiger partial charge in [-0.25, -0.2) is 4.98 Å². The van der Waals surface area contributed by atoms with Gasteiger partial charge in [-0.2, -0.15) is 0 Å². The van der Waals surface area contributed by atoms with E-state index in [1.807, 2.05) is 24.4 Å². The minimum atomic E-state index is -0.318. The molecule has 1 N–H and O–H groups in total. The molecule has 4 heteroatoms. The first-order chi connectivity index (χ1) is 8.69. The lowest BCUT2D eigenvalue weighted by atomic mass is 9.94. The highest BCUT2D eigenvalue weighted by Crippen LogP contribution is 2.26. The largest absolute Gasteiger partial charge is 0.345 e. The minimum Gasteiger partial charge on any atom is -0.345 e. The molecule has 1 aromatic heterocycles. The minimum absolute atomic E-state index is 0.318. The summed E-state index contributed by atoms with van der Waals surface area (Å²) in [6.07, 6.45) is 3.76. The van der Waals surface area contributed by atoms with Crippen LogP contribution in [-0.2, 0) is 12.1 Å². The van der Waals surface area contributed by atoms with E-state index in [-0.39, 0.29) is 5.54 Å². The predicted octanol–water partition coefficient (Wildman–Crippen LogP) is 3.47. The van der Waals surface area contributed by atoms with Gasteiger partial charge in [-0.1, -0.05) is 30.3 Å². The van der Waals surface area contributed by atoms with E-state index < -0.39 is 0 Å². The second kappa shape index (κ2) is 5.44. The van der Waals surface area contributed by atoms with E-state index in [1.165, 1.54) is 0 Å². The van der Waals surface area contributed by atoms with Gasteiger partial charge in [0.05, 0.1) is 5.54 Å². The Morgan fingerprint density at radius 2 is 2.06 bits per heavy atom. The fourth-order valence-electron chi connectivity index (χ4n) is 1.92. The van der Waals surface area contributed by atoms with Gasteiger partial charge < -0.3 is 9.88 Å². The second-order valence-electron chi connectivity index (χ2n) is 4.49. The Morgan fingerprint density at radius 3 is 2.67 bits per heavy atom. The molecule has 0 saturated heterocycles. The predicted molar refractivity (Wildman–Crippen MR) is 76.0 cm³/mol. The smallest absolute Gasteiger partial charge is 0.203 e. The Kier molecular flexibility index (Phi) is 3.92. The maximum Gasteiger partial charge on any atom is 0.203 e. The molecule has 0 aliphatic heterocycles. The van der Waals surface area contributed by atoms with E-state index in [0.29, 0.717) is 5.88 Å². The standard InChI is InChI=1S/C14H18ClN3/c1-3-18-10-9-16-13(18)17-14(2,11-15)12-7-5-4-6-8-12/h4-10H,3,11H2,1-2H3,(H,16,17). The third-order valence-corrected chi connectivity index (χ3v) is 3.66. The Morgan fingerprint density at radius 1 is 1.33 bits per heavy atom. The van der Waals surface area contributed by atoms with Crippen LogP contribution in [0.15, 0.2) is 42.7 Å². The molecule has 2 aromatic rings. The molecular weight excluding hydrogens is 246 g/mol. The van der Waals surface area contributed by atoms with Crippen LogP contribution in [-0.4, -0.2) is 15.4 Å². The van der Waals surface area contributed by atoms with Crippen LogP contribution in [0.2, 0.25) is 0 Å². The number of aromatic nitrogens is 2. The Balaban J connectivity index is 2.29. The van der Waals surface area contributed by atoms with Crippen molar-refractivity contribution in [3.05, 3.63) is 48.3 Å². The molecule has 1 unspecified atom stereocenters. The van der Waals surface area contributed by atoms with Crippen LogP contribution < -0.4 is 5.32 Å². The summed E-state index contributed by atoms with van der Waals surface area (Å²) in [7, 11) is 0. The number of benzene rings is 1. The number of alkyl halides is 1. The van der Waals surface area contributed by atoms with Crippen molar-refractivity contribution in [2.45, 2.75) is 25.9 Å². The van der Waals surface area contributed by atoms with Gasteiger partial charge in [0.1, 0.15) is 0 Å². The van der Waals surface area contributed by atoms with Crippen molar-refractivity contribution in [3.8, 4) is 0 Å². The summed E-state index contributed by atoms with van der Waals surface area (Å²) in [6, 6.07) is 10.2. The lowest BCUT2D eigenvalue weighted by molar-refractivity contribution is 0.597. The highest BCUT2D eigenvalue weighted by Gasteiger charge is 2.26. The van der Waals surface area contributed by atoms with Crippen LogP contribution >= 0.6 is 11.6 Å². The fourth-order valence-corrected chi connectivity index (χ4v) is 2.15. The van der Waals surface area contributed by atoms with Crippen LogP contribution in [0.4, 0.5) is 5.95 Å². The summed E-state index contributed by atoms with van der Waals surface area (Å²) in [6.45, 7) is 5.06. The summed E-state index contributed by atoms with van der Waals surface area (Å²) in [5.41, 5.74) is 0.840. The molecule has 1 heterocycles. The zero-order chi connectivity index (χ0) is 13.0. The molecule has 18 heavy (non-hydrogen) atoms. The Hall–Kier alpha value is -1.48. The lowest BCUT2D eigenvalue weighted by Gasteiger charge is -2.30. The maximum absolute atomic E-state index is 6.16. The van der Waals surface area contributed by atoms with Crippen LogP contribution in [0, 0.1) is 0 Å². The Bertz CT molecular complexity index is 495. The van der Waals surface area contributed by atoms with Gasteiger partial charge in [-0.05, 0) is 19.4 Å². The first kappa shape index (κ1) is 13.0. The molecule has 0 spiro atoms. The summed E-state index contributed by atoms with van der Waals surface area (Å²) < 4.78 is 2.06. The van der Waals surface area contributed by atoms with Gasteiger partial charge >= 0.3 is 0 Å². The van der Waals surface area contributed by atoms with Crippen molar-refractivity contribution in [2.24, 2.45) is 0 Å². The fraction of sp³-hybridized carbons (Fsp3) is 0.357. The lowest BCUT2D eigenvalue weighted by Crippen LogP contribution is -2.35. The number of aryl methyl sites for hydroxylation is 1. The molecular formula is C14H18ClN3. The van der Waals surface area contributed by atoms with E-state index in [1.54, 1.807) is 6.20 Å². The number of halogens is 1. The molecule has 3 nitrogen and oxygen atoms in total. The number of nitrogens with zero attached hydrogens (tertiary/aromatic N) is 2. The quantitative estimate of drug-likeness (QED) is 0.837. The zero-order valence-corrected chi connectivity index (χ0v) is 11.5. The highest BCUT2D eigenvalue weighted by atomic mass is 35.5. The first-order valence-electron chi connectivity index (χ1n) is 6.10. The van der Waals surface area contributed by atoms with E-state index in [0.717, 1.165) is 18.1 Å². The van der Waals surface area contributed by atoms with Crippen molar-refractivity contribution < 1.29 is 0 Å². The molecule has 0 saturated carbocycles. The van der Waals surface area contributed by atoms with Gasteiger partial charge in [0.2, 0.25) is 5.95 Å². The molecule has 0 aliphatic rings. The number of imidazole rings is 1. The first-order valence-corrected chi connectivity index (χ1v) is 6.64. The molecule has 0 fully saturated rings. The molecule has 0 aliphatic carbocycles. The molecule has 0 amide bonds. The average molecular weight is 264 g/mol. The van der Waals surface area contributed by atoms with Gasteiger partial charge in [-0.3, -0.25) is 0 Å². The van der Waals surface area contributed by atoms with E-state index >= 15 is 0 Å². The van der Waals surface area contributed by atoms with Gasteiger partial charge in [-0.15, -0.1) is 11.6 Å².